The molecule has 5 N–H and O–H groups in total. The molecule has 0 bridgehead atoms. The molecule has 8 nitrogen and oxygen atoms in total. The molecule has 0 aliphatic rings. The van der Waals surface area contributed by atoms with Crippen molar-refractivity contribution in [3.63, 3.8) is 0 Å². The van der Waals surface area contributed by atoms with Crippen molar-refractivity contribution in [1.29, 1.82) is 0 Å². The van der Waals surface area contributed by atoms with Crippen LogP contribution in [0.3, 0.4) is 0 Å². The topological polar surface area (TPSA) is 127 Å². The lowest BCUT2D eigenvalue weighted by atomic mass is 10.1. The fourth-order valence-corrected chi connectivity index (χ4v) is 2.88. The minimum absolute atomic E-state index is 0.0237. The molecule has 3 aromatic rings. The Balaban J connectivity index is 1.43. The molecular weight excluding hydrogens is 386 g/mol. The molecule has 2 aromatic carbocycles. The van der Waals surface area contributed by atoms with Gasteiger partial charge in [-0.15, -0.1) is 0 Å². The average Bonchev–Trinajstić information content (AvgIpc) is 2.76. The van der Waals surface area contributed by atoms with E-state index in [0.717, 1.165) is 0 Å². The van der Waals surface area contributed by atoms with E-state index in [1.54, 1.807) is 42.5 Å². The number of pyridine rings is 1. The van der Waals surface area contributed by atoms with Crippen LogP contribution in [0.5, 0.6) is 11.5 Å². The number of carbonyl (C=O) groups is 1. The van der Waals surface area contributed by atoms with Crippen molar-refractivity contribution in [1.82, 2.24) is 10.3 Å². The van der Waals surface area contributed by atoms with Crippen molar-refractivity contribution in [3.8, 4) is 11.5 Å². The smallest absolute Gasteiger partial charge is 0.256 e. The molecule has 2 unspecified atom stereocenters. The number of hydrogen-bond donors (Lipinski definition) is 4. The van der Waals surface area contributed by atoms with Gasteiger partial charge in [0.15, 0.2) is 0 Å². The summed E-state index contributed by atoms with van der Waals surface area (Å²) < 4.78 is 11.4. The maximum Gasteiger partial charge on any atom is 0.256 e. The van der Waals surface area contributed by atoms with Crippen molar-refractivity contribution < 1.29 is 19.4 Å². The number of nitrogens with one attached hydrogen (secondary N) is 2. The maximum absolute atomic E-state index is 11.9. The summed E-state index contributed by atoms with van der Waals surface area (Å²) in [6.07, 6.45) is 0.762. The molecule has 30 heavy (non-hydrogen) atoms. The number of aromatic nitrogens is 1. The molecule has 2 atom stereocenters. The minimum atomic E-state index is -0.743. The number of hydrogen-bond acceptors (Lipinski definition) is 6. The first kappa shape index (κ1) is 21.4. The Morgan fingerprint density at radius 3 is 2.50 bits per heavy atom. The maximum atomic E-state index is 11.9. The van der Waals surface area contributed by atoms with Gasteiger partial charge in [0, 0.05) is 29.7 Å². The summed E-state index contributed by atoms with van der Waals surface area (Å²) in [5, 5.41) is 14.6. The van der Waals surface area contributed by atoms with E-state index in [1.807, 2.05) is 13.0 Å². The number of fused-ring (bicyclic) bond motifs is 1. The van der Waals surface area contributed by atoms with E-state index in [-0.39, 0.29) is 18.2 Å². The van der Waals surface area contributed by atoms with Gasteiger partial charge in [-0.05, 0) is 37.3 Å². The molecule has 0 radical (unpaired) electrons. The minimum Gasteiger partial charge on any atom is -0.492 e. The van der Waals surface area contributed by atoms with Gasteiger partial charge in [0.05, 0.1) is 5.39 Å². The molecule has 1 amide bonds. The summed E-state index contributed by atoms with van der Waals surface area (Å²) in [7, 11) is 0. The molecule has 0 saturated heterocycles. The molecule has 0 aliphatic carbocycles. The van der Waals surface area contributed by atoms with Gasteiger partial charge in [-0.1, -0.05) is 18.2 Å². The molecule has 158 valence electrons. The highest BCUT2D eigenvalue weighted by atomic mass is 16.5. The Labute approximate surface area is 173 Å². The van der Waals surface area contributed by atoms with Gasteiger partial charge in [-0.3, -0.25) is 9.59 Å². The molecule has 0 fully saturated rings. The molecule has 0 aliphatic heterocycles. The van der Waals surface area contributed by atoms with E-state index in [2.05, 4.69) is 10.3 Å². The highest BCUT2D eigenvalue weighted by molar-refractivity contribution is 5.92. The van der Waals surface area contributed by atoms with Gasteiger partial charge in [-0.25, -0.2) is 0 Å². The van der Waals surface area contributed by atoms with E-state index < -0.39 is 12.0 Å². The molecular formula is C22H25N3O5. The number of rotatable bonds is 10. The molecule has 0 spiro atoms. The first-order chi connectivity index (χ1) is 14.4. The Morgan fingerprint density at radius 1 is 1.10 bits per heavy atom. The Hall–Kier alpha value is -3.36. The summed E-state index contributed by atoms with van der Waals surface area (Å²) in [6, 6.07) is 13.7. The third-order valence-electron chi connectivity index (χ3n) is 4.54. The van der Waals surface area contributed by atoms with E-state index in [4.69, 9.17) is 15.2 Å². The summed E-state index contributed by atoms with van der Waals surface area (Å²) in [6.45, 7) is 2.70. The van der Waals surface area contributed by atoms with Crippen molar-refractivity contribution in [3.05, 3.63) is 70.6 Å². The fraction of sp³-hybridized carbons (Fsp3) is 0.273. The van der Waals surface area contributed by atoms with Crippen LogP contribution in [0.15, 0.2) is 59.5 Å². The number of carbonyl (C=O) groups excluding carboxylic acids is 1. The highest BCUT2D eigenvalue weighted by Crippen LogP contribution is 2.21. The summed E-state index contributed by atoms with van der Waals surface area (Å²) in [5.41, 5.74) is 5.45. The molecule has 1 aromatic heterocycles. The Morgan fingerprint density at radius 2 is 1.80 bits per heavy atom. The SMILES string of the molecule is CC(COc1ccc(C(N)=O)cc1)NCC(O)COc1c[nH]c(=O)c2ccccc12. The number of aliphatic hydroxyl groups is 1. The van der Waals surface area contributed by atoms with Crippen LogP contribution in [-0.4, -0.2) is 47.9 Å². The van der Waals surface area contributed by atoms with Gasteiger partial charge in [-0.2, -0.15) is 0 Å². The zero-order chi connectivity index (χ0) is 21.5. The number of primary amides is 1. The van der Waals surface area contributed by atoms with Gasteiger partial charge in [0.25, 0.3) is 5.56 Å². The standard InChI is InChI=1S/C22H25N3O5/c1-14(12-29-17-8-6-15(7-9-17)21(23)27)24-10-16(26)13-30-20-11-25-22(28)19-5-3-2-4-18(19)20/h2-9,11,14,16,24,26H,10,12-13H2,1H3,(H2,23,27)(H,25,28). The molecule has 8 heteroatoms. The van der Waals surface area contributed by atoms with Crippen molar-refractivity contribution in [2.75, 3.05) is 19.8 Å². The van der Waals surface area contributed by atoms with Crippen LogP contribution < -0.4 is 26.1 Å². The van der Waals surface area contributed by atoms with Crippen LogP contribution in [0, 0.1) is 0 Å². The average molecular weight is 411 g/mol. The van der Waals surface area contributed by atoms with Crippen LogP contribution in [0.2, 0.25) is 0 Å². The third kappa shape index (κ3) is 5.59. The monoisotopic (exact) mass is 411 g/mol. The lowest BCUT2D eigenvalue weighted by molar-refractivity contribution is 0.1000. The van der Waals surface area contributed by atoms with Crippen LogP contribution in [0.25, 0.3) is 10.8 Å². The van der Waals surface area contributed by atoms with Crippen LogP contribution in [0.1, 0.15) is 17.3 Å². The zero-order valence-electron chi connectivity index (χ0n) is 16.6. The number of amides is 1. The summed E-state index contributed by atoms with van der Waals surface area (Å²) in [4.78, 5) is 25.6. The highest BCUT2D eigenvalue weighted by Gasteiger charge is 2.11. The van der Waals surface area contributed by atoms with E-state index in [1.165, 1.54) is 6.20 Å². The number of ether oxygens (including phenoxy) is 2. The molecule has 3 rings (SSSR count). The third-order valence-corrected chi connectivity index (χ3v) is 4.54. The second-order valence-electron chi connectivity index (χ2n) is 7.00. The molecule has 0 saturated carbocycles. The largest absolute Gasteiger partial charge is 0.492 e. The lowest BCUT2D eigenvalue weighted by Gasteiger charge is -2.18. The van der Waals surface area contributed by atoms with Gasteiger partial charge in [0.1, 0.15) is 30.8 Å². The number of H-pyrrole nitrogens is 1. The summed E-state index contributed by atoms with van der Waals surface area (Å²) in [5.74, 6) is 0.658. The van der Waals surface area contributed by atoms with Crippen LogP contribution >= 0.6 is 0 Å². The number of aromatic amines is 1. The fourth-order valence-electron chi connectivity index (χ4n) is 2.88. The number of benzene rings is 2. The molecule has 1 heterocycles. The van der Waals surface area contributed by atoms with Crippen molar-refractivity contribution >= 4 is 16.7 Å². The predicted octanol–water partition coefficient (Wildman–Crippen LogP) is 1.42. The van der Waals surface area contributed by atoms with Gasteiger partial charge in [0.2, 0.25) is 5.91 Å². The first-order valence-electron chi connectivity index (χ1n) is 9.61. The lowest BCUT2D eigenvalue weighted by Crippen LogP contribution is -2.39. The van der Waals surface area contributed by atoms with Gasteiger partial charge >= 0.3 is 0 Å². The Bertz CT molecular complexity index is 1050. The van der Waals surface area contributed by atoms with Crippen LogP contribution in [-0.2, 0) is 0 Å². The van der Waals surface area contributed by atoms with Crippen molar-refractivity contribution in [2.24, 2.45) is 5.73 Å². The van der Waals surface area contributed by atoms with Crippen molar-refractivity contribution in [2.45, 2.75) is 19.1 Å². The number of nitrogens with two attached hydrogens (primary N) is 1. The quantitative estimate of drug-likeness (QED) is 0.400. The Kier molecular flexibility index (Phi) is 7.05. The van der Waals surface area contributed by atoms with Gasteiger partial charge < -0.3 is 30.6 Å². The second kappa shape index (κ2) is 9.91. The second-order valence-corrected chi connectivity index (χ2v) is 7.00. The summed E-state index contributed by atoms with van der Waals surface area (Å²) >= 11 is 0. The normalized spacial score (nSPS) is 13.0. The van der Waals surface area contributed by atoms with Crippen LogP contribution in [0.4, 0.5) is 0 Å². The zero-order valence-corrected chi connectivity index (χ0v) is 16.6. The van der Waals surface area contributed by atoms with E-state index in [0.29, 0.717) is 41.0 Å². The first-order valence-corrected chi connectivity index (χ1v) is 9.61. The predicted molar refractivity (Wildman–Crippen MR) is 114 cm³/mol. The van der Waals surface area contributed by atoms with E-state index >= 15 is 0 Å². The van der Waals surface area contributed by atoms with E-state index in [9.17, 15) is 14.7 Å². The number of aliphatic hydroxyl groups excluding tert-OH is 1.